The van der Waals surface area contributed by atoms with Crippen LogP contribution in [0.2, 0.25) is 0 Å². The van der Waals surface area contributed by atoms with Gasteiger partial charge in [0.25, 0.3) is 5.56 Å². The first-order chi connectivity index (χ1) is 14.8. The zero-order chi connectivity index (χ0) is 22.2. The van der Waals surface area contributed by atoms with E-state index in [1.807, 2.05) is 6.08 Å². The average molecular weight is 430 g/mol. The minimum atomic E-state index is -4.41. The van der Waals surface area contributed by atoms with Crippen LogP contribution in [-0.4, -0.2) is 27.7 Å². The summed E-state index contributed by atoms with van der Waals surface area (Å²) in [4.78, 5) is 21.4. The highest BCUT2D eigenvalue weighted by Gasteiger charge is 2.30. The summed E-state index contributed by atoms with van der Waals surface area (Å²) in [5, 5.41) is 3.80. The number of aromatic nitrogens is 3. The Bertz CT molecular complexity index is 1220. The van der Waals surface area contributed by atoms with Crippen LogP contribution in [0.4, 0.5) is 19.0 Å². The van der Waals surface area contributed by atoms with E-state index >= 15 is 0 Å². The van der Waals surface area contributed by atoms with Crippen LogP contribution < -0.4 is 10.9 Å². The fourth-order valence-electron chi connectivity index (χ4n) is 3.66. The number of nitrogens with one attached hydrogen (secondary N) is 1. The molecule has 3 aromatic rings. The third-order valence-corrected chi connectivity index (χ3v) is 5.38. The largest absolute Gasteiger partial charge is 0.416 e. The van der Waals surface area contributed by atoms with E-state index in [0.717, 1.165) is 17.7 Å². The van der Waals surface area contributed by atoms with Gasteiger partial charge < -0.3 is 10.1 Å². The van der Waals surface area contributed by atoms with Crippen LogP contribution in [0.3, 0.4) is 0 Å². The predicted molar refractivity (Wildman–Crippen MR) is 112 cm³/mol. The van der Waals surface area contributed by atoms with Crippen molar-refractivity contribution in [2.75, 3.05) is 18.5 Å². The Morgan fingerprint density at radius 1 is 1.23 bits per heavy atom. The van der Waals surface area contributed by atoms with Crippen molar-refractivity contribution in [3.8, 4) is 0 Å². The lowest BCUT2D eigenvalue weighted by molar-refractivity contribution is -0.137. The van der Waals surface area contributed by atoms with E-state index in [9.17, 15) is 18.0 Å². The van der Waals surface area contributed by atoms with Gasteiger partial charge in [-0.15, -0.1) is 0 Å². The Hall–Kier alpha value is -3.20. The third kappa shape index (κ3) is 4.18. The van der Waals surface area contributed by atoms with Crippen molar-refractivity contribution < 1.29 is 17.9 Å². The summed E-state index contributed by atoms with van der Waals surface area (Å²) in [7, 11) is 1.64. The maximum atomic E-state index is 13.1. The monoisotopic (exact) mass is 430 g/mol. The van der Waals surface area contributed by atoms with Crippen LogP contribution in [0.1, 0.15) is 36.1 Å². The summed E-state index contributed by atoms with van der Waals surface area (Å²) in [5.41, 5.74) is 1.48. The van der Waals surface area contributed by atoms with E-state index in [1.54, 1.807) is 26.1 Å². The SMILES string of the molecule is CC(Nc1ncnc2c1cc(C1=CCOCC1)c(=O)n2C)c1cccc(C(F)(F)F)c1. The molecule has 1 unspecified atom stereocenters. The van der Waals surface area contributed by atoms with Gasteiger partial charge in [-0.25, -0.2) is 9.97 Å². The van der Waals surface area contributed by atoms with Gasteiger partial charge in [0, 0.05) is 18.7 Å². The van der Waals surface area contributed by atoms with Gasteiger partial charge in [0.2, 0.25) is 0 Å². The van der Waals surface area contributed by atoms with Crippen molar-refractivity contribution in [3.05, 3.63) is 69.8 Å². The molecule has 162 valence electrons. The molecule has 6 nitrogen and oxygen atoms in total. The van der Waals surface area contributed by atoms with Crippen LogP contribution >= 0.6 is 0 Å². The molecule has 0 bridgehead atoms. The summed E-state index contributed by atoms with van der Waals surface area (Å²) < 4.78 is 46.0. The Kier molecular flexibility index (Phi) is 5.53. The fourth-order valence-corrected chi connectivity index (χ4v) is 3.66. The lowest BCUT2D eigenvalue weighted by Gasteiger charge is -2.19. The Balaban J connectivity index is 1.75. The smallest absolute Gasteiger partial charge is 0.377 e. The second-order valence-corrected chi connectivity index (χ2v) is 7.43. The topological polar surface area (TPSA) is 69.0 Å². The number of anilines is 1. The Labute approximate surface area is 176 Å². The molecular formula is C22H21F3N4O2. The normalized spacial score (nSPS) is 15.6. The van der Waals surface area contributed by atoms with Crippen molar-refractivity contribution >= 4 is 22.4 Å². The highest BCUT2D eigenvalue weighted by Crippen LogP contribution is 2.32. The number of benzene rings is 1. The van der Waals surface area contributed by atoms with Gasteiger partial charge >= 0.3 is 6.18 Å². The second kappa shape index (κ2) is 8.14. The van der Waals surface area contributed by atoms with Gasteiger partial charge in [-0.05, 0) is 42.7 Å². The minimum absolute atomic E-state index is 0.170. The number of nitrogens with zero attached hydrogens (tertiary/aromatic N) is 3. The van der Waals surface area contributed by atoms with Gasteiger partial charge in [0.1, 0.15) is 17.8 Å². The molecule has 1 aromatic carbocycles. The van der Waals surface area contributed by atoms with E-state index in [2.05, 4.69) is 15.3 Å². The highest BCUT2D eigenvalue weighted by atomic mass is 19.4. The molecule has 0 radical (unpaired) electrons. The van der Waals surface area contributed by atoms with Crippen molar-refractivity contribution in [2.45, 2.75) is 25.6 Å². The molecule has 1 aliphatic rings. The molecule has 31 heavy (non-hydrogen) atoms. The number of hydrogen-bond acceptors (Lipinski definition) is 5. The molecule has 9 heteroatoms. The molecule has 3 heterocycles. The number of fused-ring (bicyclic) bond motifs is 1. The maximum absolute atomic E-state index is 13.1. The summed E-state index contributed by atoms with van der Waals surface area (Å²) in [5.74, 6) is 0.444. The van der Waals surface area contributed by atoms with Crippen LogP contribution in [0, 0.1) is 0 Å². The van der Waals surface area contributed by atoms with Crippen molar-refractivity contribution in [1.82, 2.24) is 14.5 Å². The molecule has 1 aliphatic heterocycles. The van der Waals surface area contributed by atoms with Gasteiger partial charge in [-0.1, -0.05) is 18.2 Å². The van der Waals surface area contributed by atoms with Crippen LogP contribution in [-0.2, 0) is 18.0 Å². The van der Waals surface area contributed by atoms with Gasteiger partial charge in [0.15, 0.2) is 0 Å². The molecule has 0 saturated heterocycles. The number of hydrogen-bond donors (Lipinski definition) is 1. The highest BCUT2D eigenvalue weighted by molar-refractivity contribution is 5.89. The van der Waals surface area contributed by atoms with Crippen molar-refractivity contribution in [1.29, 1.82) is 0 Å². The van der Waals surface area contributed by atoms with E-state index in [-0.39, 0.29) is 5.56 Å². The van der Waals surface area contributed by atoms with Crippen LogP contribution in [0.15, 0.2) is 47.5 Å². The van der Waals surface area contributed by atoms with Gasteiger partial charge in [-0.3, -0.25) is 9.36 Å². The number of aryl methyl sites for hydroxylation is 1. The molecule has 4 rings (SSSR count). The molecule has 0 spiro atoms. The fraction of sp³-hybridized carbons (Fsp3) is 0.318. The van der Waals surface area contributed by atoms with E-state index in [4.69, 9.17) is 4.74 Å². The summed E-state index contributed by atoms with van der Waals surface area (Å²) in [6.45, 7) is 2.74. The molecule has 2 aromatic heterocycles. The van der Waals surface area contributed by atoms with E-state index in [0.29, 0.717) is 47.6 Å². The lowest BCUT2D eigenvalue weighted by Crippen LogP contribution is -2.23. The van der Waals surface area contributed by atoms with Crippen molar-refractivity contribution in [3.63, 3.8) is 0 Å². The summed E-state index contributed by atoms with van der Waals surface area (Å²) in [6, 6.07) is 6.46. The zero-order valence-electron chi connectivity index (χ0n) is 17.0. The Morgan fingerprint density at radius 2 is 2.03 bits per heavy atom. The standard InChI is InChI=1S/C22H21F3N4O2/c1-13(15-4-3-5-16(10-15)22(23,24)25)28-19-18-11-17(14-6-8-31-9-7-14)21(30)29(2)20(18)27-12-26-19/h3-6,10-13H,7-9H2,1-2H3,(H,26,27,28). The molecule has 0 fully saturated rings. The molecule has 1 atom stereocenters. The molecule has 0 saturated carbocycles. The zero-order valence-corrected chi connectivity index (χ0v) is 17.0. The number of pyridine rings is 1. The second-order valence-electron chi connectivity index (χ2n) is 7.43. The Morgan fingerprint density at radius 3 is 2.74 bits per heavy atom. The lowest BCUT2D eigenvalue weighted by atomic mass is 10.0. The van der Waals surface area contributed by atoms with Crippen LogP contribution in [0.25, 0.3) is 16.6 Å². The van der Waals surface area contributed by atoms with Gasteiger partial charge in [0.05, 0.1) is 24.2 Å². The maximum Gasteiger partial charge on any atom is 0.416 e. The number of ether oxygens (including phenoxy) is 1. The number of rotatable bonds is 4. The number of halogens is 3. The third-order valence-electron chi connectivity index (χ3n) is 5.38. The molecule has 0 amide bonds. The average Bonchev–Trinajstić information content (AvgIpc) is 2.76. The summed E-state index contributed by atoms with van der Waals surface area (Å²) >= 11 is 0. The quantitative estimate of drug-likeness (QED) is 0.668. The minimum Gasteiger partial charge on any atom is -0.377 e. The predicted octanol–water partition coefficient (Wildman–Crippen LogP) is 4.32. The summed E-state index contributed by atoms with van der Waals surface area (Å²) in [6.07, 6.45) is -0.579. The first-order valence-corrected chi connectivity index (χ1v) is 9.81. The first kappa shape index (κ1) is 21.0. The van der Waals surface area contributed by atoms with Crippen molar-refractivity contribution in [2.24, 2.45) is 7.05 Å². The first-order valence-electron chi connectivity index (χ1n) is 9.81. The molecule has 1 N–H and O–H groups in total. The van der Waals surface area contributed by atoms with E-state index in [1.165, 1.54) is 17.0 Å². The van der Waals surface area contributed by atoms with E-state index < -0.39 is 17.8 Å². The van der Waals surface area contributed by atoms with Gasteiger partial charge in [-0.2, -0.15) is 13.2 Å². The number of alkyl halides is 3. The molecule has 0 aliphatic carbocycles. The molecular weight excluding hydrogens is 409 g/mol. The van der Waals surface area contributed by atoms with Crippen LogP contribution in [0.5, 0.6) is 0 Å².